The zero-order valence-corrected chi connectivity index (χ0v) is 13.1. The fourth-order valence-electron chi connectivity index (χ4n) is 2.59. The molecule has 2 nitrogen and oxygen atoms in total. The minimum Gasteiger partial charge on any atom is -0.381 e. The first-order valence-corrected chi connectivity index (χ1v) is 7.51. The topological polar surface area (TPSA) is 15.3 Å². The van der Waals surface area contributed by atoms with Crippen LogP contribution >= 0.6 is 23.2 Å². The fourth-order valence-corrected chi connectivity index (χ4v) is 3.08. The van der Waals surface area contributed by atoms with E-state index in [1.807, 2.05) is 0 Å². The molecule has 5 heteroatoms. The molecule has 0 bridgehead atoms. The van der Waals surface area contributed by atoms with Crippen molar-refractivity contribution in [3.63, 3.8) is 0 Å². The summed E-state index contributed by atoms with van der Waals surface area (Å²) in [4.78, 5) is 2.26. The third-order valence-corrected chi connectivity index (χ3v) is 4.30. The summed E-state index contributed by atoms with van der Waals surface area (Å²) in [6.07, 6.45) is 1.08. The van der Waals surface area contributed by atoms with Gasteiger partial charge < -0.3 is 10.2 Å². The van der Waals surface area contributed by atoms with Crippen molar-refractivity contribution in [1.29, 1.82) is 0 Å². The van der Waals surface area contributed by atoms with Gasteiger partial charge in [0.1, 0.15) is 0 Å². The maximum Gasteiger partial charge on any atom is 0.160 e. The Bertz CT molecular complexity index is 665. The number of likely N-dealkylation sites (N-methyl/N-ethyl adjacent to an activating group) is 1. The van der Waals surface area contributed by atoms with Crippen molar-refractivity contribution in [3.8, 4) is 0 Å². The third-order valence-electron chi connectivity index (χ3n) is 3.75. The summed E-state index contributed by atoms with van der Waals surface area (Å²) >= 11 is 11.6. The Morgan fingerprint density at radius 2 is 1.90 bits per heavy atom. The van der Waals surface area contributed by atoms with Gasteiger partial charge in [-0.3, -0.25) is 0 Å². The molecule has 0 atom stereocenters. The van der Waals surface area contributed by atoms with Crippen molar-refractivity contribution in [2.45, 2.75) is 13.0 Å². The van der Waals surface area contributed by atoms with E-state index < -0.39 is 5.82 Å². The van der Waals surface area contributed by atoms with E-state index >= 15 is 0 Å². The van der Waals surface area contributed by atoms with E-state index in [9.17, 15) is 4.39 Å². The van der Waals surface area contributed by atoms with Crippen LogP contribution in [0.15, 0.2) is 30.3 Å². The van der Waals surface area contributed by atoms with Gasteiger partial charge in [0.15, 0.2) is 5.82 Å². The molecule has 2 aromatic rings. The first-order valence-electron chi connectivity index (χ1n) is 6.76. The summed E-state index contributed by atoms with van der Waals surface area (Å²) in [7, 11) is 2.10. The molecule has 1 heterocycles. The number of nitrogens with zero attached hydrogens (tertiary/aromatic N) is 1. The lowest BCUT2D eigenvalue weighted by molar-refractivity contribution is 0.629. The lowest BCUT2D eigenvalue weighted by atomic mass is 10.1. The van der Waals surface area contributed by atoms with Gasteiger partial charge in [-0.1, -0.05) is 35.3 Å². The number of halogens is 3. The Morgan fingerprint density at radius 3 is 2.62 bits per heavy atom. The second kappa shape index (κ2) is 5.74. The van der Waals surface area contributed by atoms with Gasteiger partial charge >= 0.3 is 0 Å². The Balaban J connectivity index is 1.74. The van der Waals surface area contributed by atoms with Gasteiger partial charge in [0.05, 0.1) is 10.0 Å². The van der Waals surface area contributed by atoms with Crippen LogP contribution in [0.25, 0.3) is 0 Å². The number of hydrogen-bond acceptors (Lipinski definition) is 2. The van der Waals surface area contributed by atoms with Crippen LogP contribution in [-0.2, 0) is 13.0 Å². The first-order chi connectivity index (χ1) is 10.0. The zero-order valence-electron chi connectivity index (χ0n) is 11.6. The van der Waals surface area contributed by atoms with Crippen molar-refractivity contribution in [2.75, 3.05) is 23.8 Å². The second-order valence-electron chi connectivity index (χ2n) is 5.24. The molecule has 0 aromatic heterocycles. The van der Waals surface area contributed by atoms with Crippen LogP contribution in [0.4, 0.5) is 15.8 Å². The monoisotopic (exact) mass is 324 g/mol. The normalized spacial score (nSPS) is 13.4. The van der Waals surface area contributed by atoms with E-state index in [-0.39, 0.29) is 10.0 Å². The summed E-state index contributed by atoms with van der Waals surface area (Å²) < 4.78 is 13.4. The van der Waals surface area contributed by atoms with Crippen molar-refractivity contribution < 1.29 is 4.39 Å². The Hall–Kier alpha value is -1.45. The highest BCUT2D eigenvalue weighted by molar-refractivity contribution is 6.35. The highest BCUT2D eigenvalue weighted by atomic mass is 35.5. The third kappa shape index (κ3) is 2.94. The molecule has 3 rings (SSSR count). The number of anilines is 2. The van der Waals surface area contributed by atoms with Gasteiger partial charge in [0.25, 0.3) is 0 Å². The molecule has 0 amide bonds. The van der Waals surface area contributed by atoms with E-state index in [0.29, 0.717) is 12.2 Å². The van der Waals surface area contributed by atoms with Crippen molar-refractivity contribution >= 4 is 34.6 Å². The van der Waals surface area contributed by atoms with Gasteiger partial charge in [-0.15, -0.1) is 0 Å². The lowest BCUT2D eigenvalue weighted by Crippen LogP contribution is -2.12. The zero-order chi connectivity index (χ0) is 15.0. The molecular formula is C16H15Cl2FN2. The van der Waals surface area contributed by atoms with Crippen LogP contribution < -0.4 is 10.2 Å². The molecule has 0 spiro atoms. The maximum atomic E-state index is 13.4. The average molecular weight is 325 g/mol. The van der Waals surface area contributed by atoms with E-state index in [1.54, 1.807) is 12.1 Å². The number of nitrogens with one attached hydrogen (secondary N) is 1. The molecule has 0 unspecified atom stereocenters. The number of hydrogen-bond donors (Lipinski definition) is 1. The van der Waals surface area contributed by atoms with Crippen LogP contribution in [0.3, 0.4) is 0 Å². The molecule has 0 aliphatic carbocycles. The van der Waals surface area contributed by atoms with E-state index in [4.69, 9.17) is 23.2 Å². The molecule has 110 valence electrons. The average Bonchev–Trinajstić information content (AvgIpc) is 2.83. The molecule has 1 N–H and O–H groups in total. The SMILES string of the molecule is CN1CCc2cc(CNc3cc(Cl)c(F)c(Cl)c3)ccc21. The molecule has 1 aliphatic rings. The second-order valence-corrected chi connectivity index (χ2v) is 6.06. The number of rotatable bonds is 3. The minimum atomic E-state index is -0.579. The smallest absolute Gasteiger partial charge is 0.160 e. The van der Waals surface area contributed by atoms with E-state index in [0.717, 1.165) is 13.0 Å². The van der Waals surface area contributed by atoms with Crippen molar-refractivity contribution in [3.05, 3.63) is 57.3 Å². The molecule has 0 saturated carbocycles. The highest BCUT2D eigenvalue weighted by Crippen LogP contribution is 2.29. The minimum absolute atomic E-state index is 0.0283. The molecule has 0 saturated heterocycles. The van der Waals surface area contributed by atoms with Crippen LogP contribution in [0, 0.1) is 5.82 Å². The van der Waals surface area contributed by atoms with Gasteiger partial charge in [0, 0.05) is 31.5 Å². The van der Waals surface area contributed by atoms with E-state index in [1.165, 1.54) is 16.8 Å². The number of benzene rings is 2. The molecular weight excluding hydrogens is 310 g/mol. The Morgan fingerprint density at radius 1 is 1.19 bits per heavy atom. The summed E-state index contributed by atoms with van der Waals surface area (Å²) in [6.45, 7) is 1.71. The van der Waals surface area contributed by atoms with Crippen LogP contribution in [0.1, 0.15) is 11.1 Å². The van der Waals surface area contributed by atoms with Gasteiger partial charge in [0.2, 0.25) is 0 Å². The van der Waals surface area contributed by atoms with Crippen LogP contribution in [0.5, 0.6) is 0 Å². The van der Waals surface area contributed by atoms with Crippen molar-refractivity contribution in [1.82, 2.24) is 0 Å². The quantitative estimate of drug-likeness (QED) is 0.820. The largest absolute Gasteiger partial charge is 0.381 e. The van der Waals surface area contributed by atoms with E-state index in [2.05, 4.69) is 35.5 Å². The summed E-state index contributed by atoms with van der Waals surface area (Å²) in [5.41, 5.74) is 4.56. The standard InChI is InChI=1S/C16H15Cl2FN2/c1-21-5-4-11-6-10(2-3-15(11)21)9-20-12-7-13(17)16(19)14(18)8-12/h2-3,6-8,20H,4-5,9H2,1H3. The van der Waals surface area contributed by atoms with Gasteiger partial charge in [-0.05, 0) is 35.7 Å². The molecule has 0 radical (unpaired) electrons. The molecule has 1 aliphatic heterocycles. The summed E-state index contributed by atoms with van der Waals surface area (Å²) in [5.74, 6) is -0.579. The Kier molecular flexibility index (Phi) is 3.96. The van der Waals surface area contributed by atoms with Gasteiger partial charge in [-0.2, -0.15) is 0 Å². The van der Waals surface area contributed by atoms with Crippen molar-refractivity contribution in [2.24, 2.45) is 0 Å². The van der Waals surface area contributed by atoms with Gasteiger partial charge in [-0.25, -0.2) is 4.39 Å². The predicted octanol–water partition coefficient (Wildman–Crippen LogP) is 4.74. The van der Waals surface area contributed by atoms with Crippen LogP contribution in [-0.4, -0.2) is 13.6 Å². The summed E-state index contributed by atoms with van der Waals surface area (Å²) in [5, 5.41) is 3.28. The Labute approximate surface area is 133 Å². The highest BCUT2D eigenvalue weighted by Gasteiger charge is 2.15. The number of fused-ring (bicyclic) bond motifs is 1. The maximum absolute atomic E-state index is 13.4. The molecule has 21 heavy (non-hydrogen) atoms. The lowest BCUT2D eigenvalue weighted by Gasteiger charge is -2.13. The molecule has 2 aromatic carbocycles. The fraction of sp³-hybridized carbons (Fsp3) is 0.250. The first kappa shape index (κ1) is 14.5. The molecule has 0 fully saturated rings. The predicted molar refractivity (Wildman–Crippen MR) is 87.2 cm³/mol. The summed E-state index contributed by atoms with van der Waals surface area (Å²) in [6, 6.07) is 9.54. The van der Waals surface area contributed by atoms with Crippen LogP contribution in [0.2, 0.25) is 10.0 Å².